The van der Waals surface area contributed by atoms with E-state index in [9.17, 15) is 18.1 Å². The molecule has 0 spiro atoms. The van der Waals surface area contributed by atoms with Gasteiger partial charge in [0, 0.05) is 18.0 Å². The lowest BCUT2D eigenvalue weighted by Crippen LogP contribution is -2.15. The third-order valence-electron chi connectivity index (χ3n) is 4.88. The summed E-state index contributed by atoms with van der Waals surface area (Å²) in [5.41, 5.74) is 7.33. The van der Waals surface area contributed by atoms with Gasteiger partial charge in [0.15, 0.2) is 9.84 Å². The third kappa shape index (κ3) is 3.83. The second-order valence-electron chi connectivity index (χ2n) is 7.17. The summed E-state index contributed by atoms with van der Waals surface area (Å²) >= 11 is 0. The predicted molar refractivity (Wildman–Crippen MR) is 117 cm³/mol. The molecular formula is C21H18FN7O2S. The van der Waals surface area contributed by atoms with E-state index in [-0.39, 0.29) is 22.1 Å². The number of nitrogens with two attached hydrogens (primary N) is 1. The van der Waals surface area contributed by atoms with Gasteiger partial charge in [0.25, 0.3) is 0 Å². The standard InChI is InChI=1S/C21H18FN7O2S/c1-12(27-20-16(10-23)19(24)25-11-26-20)21-28-17-7-6-13(22)8-18(17)29(21)14-4-3-5-15(9-14)32(2,30)31/h3-9,11-12H,1-2H3,(H3,24,25,26,27)/t12-/m0/s1. The van der Waals surface area contributed by atoms with E-state index in [0.29, 0.717) is 22.5 Å². The minimum absolute atomic E-state index is 0.0358. The van der Waals surface area contributed by atoms with Crippen LogP contribution >= 0.6 is 0 Å². The van der Waals surface area contributed by atoms with Crippen molar-refractivity contribution in [2.45, 2.75) is 17.9 Å². The first kappa shape index (κ1) is 21.2. The number of anilines is 2. The van der Waals surface area contributed by atoms with Crippen LogP contribution in [0.2, 0.25) is 0 Å². The summed E-state index contributed by atoms with van der Waals surface area (Å²) in [6.45, 7) is 1.79. The molecule has 11 heteroatoms. The van der Waals surface area contributed by atoms with E-state index in [1.54, 1.807) is 29.7 Å². The number of hydrogen-bond donors (Lipinski definition) is 2. The third-order valence-corrected chi connectivity index (χ3v) is 5.99. The Bertz CT molecular complexity index is 1490. The summed E-state index contributed by atoms with van der Waals surface area (Å²) in [6.07, 6.45) is 2.35. The average Bonchev–Trinajstić information content (AvgIpc) is 3.12. The van der Waals surface area contributed by atoms with Crippen molar-refractivity contribution in [1.82, 2.24) is 19.5 Å². The molecule has 0 saturated carbocycles. The molecule has 0 saturated heterocycles. The molecule has 2 aromatic carbocycles. The molecule has 0 aliphatic rings. The summed E-state index contributed by atoms with van der Waals surface area (Å²) < 4.78 is 39.9. The summed E-state index contributed by atoms with van der Waals surface area (Å²) in [7, 11) is -3.46. The maximum atomic E-state index is 14.1. The number of nitriles is 1. The number of imidazole rings is 1. The number of fused-ring (bicyclic) bond motifs is 1. The number of nitrogens with zero attached hydrogens (tertiary/aromatic N) is 5. The molecule has 1 atom stereocenters. The molecule has 9 nitrogen and oxygen atoms in total. The quantitative estimate of drug-likeness (QED) is 0.472. The van der Waals surface area contributed by atoms with Crippen LogP contribution in [0.15, 0.2) is 53.7 Å². The summed E-state index contributed by atoms with van der Waals surface area (Å²) in [6, 6.07) is 11.9. The molecule has 0 bridgehead atoms. The van der Waals surface area contributed by atoms with Crippen molar-refractivity contribution in [3.63, 3.8) is 0 Å². The van der Waals surface area contributed by atoms with Crippen molar-refractivity contribution in [1.29, 1.82) is 5.26 Å². The van der Waals surface area contributed by atoms with Gasteiger partial charge in [-0.05, 0) is 37.3 Å². The molecule has 0 radical (unpaired) electrons. The number of nitrogens with one attached hydrogen (secondary N) is 1. The Labute approximate surface area is 183 Å². The number of benzene rings is 2. The fraction of sp³-hybridized carbons (Fsp3) is 0.143. The van der Waals surface area contributed by atoms with Gasteiger partial charge in [-0.25, -0.2) is 27.8 Å². The maximum absolute atomic E-state index is 14.1. The van der Waals surface area contributed by atoms with Gasteiger partial charge >= 0.3 is 0 Å². The largest absolute Gasteiger partial charge is 0.382 e. The summed E-state index contributed by atoms with van der Waals surface area (Å²) in [5.74, 6) is 0.258. The first-order chi connectivity index (χ1) is 15.2. The molecule has 0 fully saturated rings. The van der Waals surface area contributed by atoms with E-state index in [4.69, 9.17) is 5.73 Å². The van der Waals surface area contributed by atoms with E-state index >= 15 is 0 Å². The van der Waals surface area contributed by atoms with E-state index in [2.05, 4.69) is 20.3 Å². The van der Waals surface area contributed by atoms with E-state index in [1.165, 1.54) is 30.6 Å². The Balaban J connectivity index is 1.90. The van der Waals surface area contributed by atoms with Gasteiger partial charge in [0.1, 0.15) is 41.2 Å². The lowest BCUT2D eigenvalue weighted by molar-refractivity contribution is 0.601. The van der Waals surface area contributed by atoms with Crippen LogP contribution in [0.25, 0.3) is 16.7 Å². The van der Waals surface area contributed by atoms with Crippen molar-refractivity contribution >= 4 is 32.5 Å². The van der Waals surface area contributed by atoms with E-state index in [1.807, 2.05) is 6.07 Å². The Kier molecular flexibility index (Phi) is 5.23. The lowest BCUT2D eigenvalue weighted by atomic mass is 10.2. The predicted octanol–water partition coefficient (Wildman–Crippen LogP) is 2.99. The summed E-state index contributed by atoms with van der Waals surface area (Å²) in [5, 5.41) is 12.5. The number of nitrogen functional groups attached to an aromatic ring is 1. The van der Waals surface area contributed by atoms with Crippen LogP contribution in [0.1, 0.15) is 24.4 Å². The van der Waals surface area contributed by atoms with Crippen LogP contribution in [0.5, 0.6) is 0 Å². The topological polar surface area (TPSA) is 140 Å². The first-order valence-electron chi connectivity index (χ1n) is 9.44. The van der Waals surface area contributed by atoms with Crippen LogP contribution in [0.4, 0.5) is 16.0 Å². The molecule has 2 aromatic heterocycles. The highest BCUT2D eigenvalue weighted by molar-refractivity contribution is 7.90. The van der Waals surface area contributed by atoms with Gasteiger partial charge in [0.2, 0.25) is 0 Å². The van der Waals surface area contributed by atoms with Crippen LogP contribution in [-0.4, -0.2) is 34.2 Å². The molecule has 0 aliphatic carbocycles. The molecule has 3 N–H and O–H groups in total. The zero-order valence-corrected chi connectivity index (χ0v) is 17.9. The van der Waals surface area contributed by atoms with E-state index < -0.39 is 21.7 Å². The molecule has 0 amide bonds. The van der Waals surface area contributed by atoms with Gasteiger partial charge in [-0.15, -0.1) is 0 Å². The van der Waals surface area contributed by atoms with Crippen LogP contribution in [0, 0.1) is 17.1 Å². The SMILES string of the molecule is C[C@H](Nc1ncnc(N)c1C#N)c1nc2ccc(F)cc2n1-c1cccc(S(C)(=O)=O)c1. The second-order valence-corrected chi connectivity index (χ2v) is 9.18. The molecule has 162 valence electrons. The zero-order valence-electron chi connectivity index (χ0n) is 17.1. The minimum atomic E-state index is -3.46. The fourth-order valence-electron chi connectivity index (χ4n) is 3.37. The minimum Gasteiger partial charge on any atom is -0.382 e. The molecule has 0 unspecified atom stereocenters. The molecule has 0 aliphatic heterocycles. The van der Waals surface area contributed by atoms with Crippen LogP contribution in [-0.2, 0) is 9.84 Å². The number of aromatic nitrogens is 4. The van der Waals surface area contributed by atoms with Gasteiger partial charge in [-0.2, -0.15) is 5.26 Å². The normalized spacial score (nSPS) is 12.4. The number of rotatable bonds is 5. The van der Waals surface area contributed by atoms with Gasteiger partial charge in [-0.1, -0.05) is 6.07 Å². The Morgan fingerprint density at radius 1 is 1.22 bits per heavy atom. The van der Waals surface area contributed by atoms with Crippen molar-refractivity contribution < 1.29 is 12.8 Å². The second kappa shape index (κ2) is 7.90. The molecule has 4 aromatic rings. The number of hydrogen-bond acceptors (Lipinski definition) is 8. The Hall–Kier alpha value is -4.04. The summed E-state index contributed by atoms with van der Waals surface area (Å²) in [4.78, 5) is 12.7. The van der Waals surface area contributed by atoms with Gasteiger partial charge in [-0.3, -0.25) is 4.57 Å². The fourth-order valence-corrected chi connectivity index (χ4v) is 4.03. The Morgan fingerprint density at radius 3 is 2.72 bits per heavy atom. The van der Waals surface area contributed by atoms with Crippen molar-refractivity contribution in [3.8, 4) is 11.8 Å². The van der Waals surface area contributed by atoms with Crippen molar-refractivity contribution in [3.05, 3.63) is 66.0 Å². The van der Waals surface area contributed by atoms with Gasteiger partial charge < -0.3 is 11.1 Å². The number of halogens is 1. The number of sulfone groups is 1. The van der Waals surface area contributed by atoms with E-state index in [0.717, 1.165) is 6.26 Å². The molecule has 2 heterocycles. The average molecular weight is 451 g/mol. The Morgan fingerprint density at radius 2 is 2.00 bits per heavy atom. The van der Waals surface area contributed by atoms with Crippen molar-refractivity contribution in [2.75, 3.05) is 17.3 Å². The molecule has 4 rings (SSSR count). The van der Waals surface area contributed by atoms with Crippen LogP contribution in [0.3, 0.4) is 0 Å². The maximum Gasteiger partial charge on any atom is 0.175 e. The van der Waals surface area contributed by atoms with Crippen molar-refractivity contribution in [2.24, 2.45) is 0 Å². The zero-order chi connectivity index (χ0) is 23.0. The van der Waals surface area contributed by atoms with Gasteiger partial charge in [0.05, 0.1) is 22.0 Å². The highest BCUT2D eigenvalue weighted by atomic mass is 32.2. The first-order valence-corrected chi connectivity index (χ1v) is 11.3. The molecule has 32 heavy (non-hydrogen) atoms. The molecular weight excluding hydrogens is 433 g/mol. The van der Waals surface area contributed by atoms with Crippen LogP contribution < -0.4 is 11.1 Å². The smallest absolute Gasteiger partial charge is 0.175 e. The monoisotopic (exact) mass is 451 g/mol. The lowest BCUT2D eigenvalue weighted by Gasteiger charge is -2.18. The highest BCUT2D eigenvalue weighted by Gasteiger charge is 2.21. The highest BCUT2D eigenvalue weighted by Crippen LogP contribution is 2.29.